The Hall–Kier alpha value is -3.48. The third-order valence-corrected chi connectivity index (χ3v) is 4.66. The first kappa shape index (κ1) is 17.0. The van der Waals surface area contributed by atoms with Crippen LogP contribution in [0.3, 0.4) is 0 Å². The van der Waals surface area contributed by atoms with Crippen LogP contribution >= 0.6 is 0 Å². The van der Waals surface area contributed by atoms with Gasteiger partial charge in [0.1, 0.15) is 6.04 Å². The van der Waals surface area contributed by atoms with Gasteiger partial charge >= 0.3 is 5.97 Å². The van der Waals surface area contributed by atoms with Gasteiger partial charge in [0.05, 0.1) is 12.2 Å². The van der Waals surface area contributed by atoms with E-state index in [1.165, 1.54) is 0 Å². The van der Waals surface area contributed by atoms with Crippen LogP contribution in [0.5, 0.6) is 0 Å². The highest BCUT2D eigenvalue weighted by Crippen LogP contribution is 2.24. The quantitative estimate of drug-likeness (QED) is 0.763. The summed E-state index contributed by atoms with van der Waals surface area (Å²) in [5.41, 5.74) is 2.65. The molecule has 7 nitrogen and oxygen atoms in total. The number of carboxylic acids is 1. The number of para-hydroxylation sites is 1. The predicted octanol–water partition coefficient (Wildman–Crippen LogP) is 2.32. The lowest BCUT2D eigenvalue weighted by molar-refractivity contribution is -0.138. The van der Waals surface area contributed by atoms with Gasteiger partial charge in [-0.1, -0.05) is 18.2 Å². The summed E-state index contributed by atoms with van der Waals surface area (Å²) in [5.74, 6) is -0.308. The lowest BCUT2D eigenvalue weighted by Crippen LogP contribution is -2.57. The van der Waals surface area contributed by atoms with Crippen LogP contribution in [0.4, 0.5) is 11.6 Å². The molecule has 0 spiro atoms. The summed E-state index contributed by atoms with van der Waals surface area (Å²) in [7, 11) is 0. The van der Waals surface area contributed by atoms with Gasteiger partial charge in [-0.3, -0.25) is 4.98 Å². The molecule has 0 aliphatic carbocycles. The second kappa shape index (κ2) is 7.41. The third kappa shape index (κ3) is 3.57. The van der Waals surface area contributed by atoms with Gasteiger partial charge in [0.2, 0.25) is 5.95 Å². The number of carbonyl (C=O) groups is 1. The molecular formula is C20H19N5O2. The molecule has 2 aromatic heterocycles. The molecule has 7 heteroatoms. The van der Waals surface area contributed by atoms with Crippen LogP contribution in [0, 0.1) is 0 Å². The molecule has 3 aromatic rings. The standard InChI is InChI=1S/C20H19N5O2/c26-19(27)18-14-24(12-13-25(18)16-4-2-1-3-5-16)20-22-11-8-17(23-20)15-6-9-21-10-7-15/h1-11,18H,12-14H2,(H,26,27). The number of pyridine rings is 1. The van der Waals surface area contributed by atoms with E-state index in [4.69, 9.17) is 0 Å². The first-order valence-electron chi connectivity index (χ1n) is 8.75. The van der Waals surface area contributed by atoms with Crippen molar-refractivity contribution in [2.75, 3.05) is 29.4 Å². The fraction of sp³-hybridized carbons (Fsp3) is 0.200. The fourth-order valence-electron chi connectivity index (χ4n) is 3.29. The number of aromatic nitrogens is 3. The lowest BCUT2D eigenvalue weighted by Gasteiger charge is -2.40. The largest absolute Gasteiger partial charge is 0.480 e. The third-order valence-electron chi connectivity index (χ3n) is 4.66. The van der Waals surface area contributed by atoms with E-state index in [1.54, 1.807) is 18.6 Å². The second-order valence-electron chi connectivity index (χ2n) is 6.31. The Kier molecular flexibility index (Phi) is 4.65. The van der Waals surface area contributed by atoms with E-state index in [0.29, 0.717) is 25.6 Å². The average Bonchev–Trinajstić information content (AvgIpc) is 2.74. The Labute approximate surface area is 156 Å². The summed E-state index contributed by atoms with van der Waals surface area (Å²) >= 11 is 0. The van der Waals surface area contributed by atoms with Crippen LogP contribution in [-0.2, 0) is 4.79 Å². The SMILES string of the molecule is O=C(O)C1CN(c2nccc(-c3ccncc3)n2)CCN1c1ccccc1. The summed E-state index contributed by atoms with van der Waals surface area (Å²) in [6, 6.07) is 14.6. The van der Waals surface area contributed by atoms with Gasteiger partial charge in [0.25, 0.3) is 0 Å². The average molecular weight is 361 g/mol. The number of anilines is 2. The minimum atomic E-state index is -0.853. The van der Waals surface area contributed by atoms with Gasteiger partial charge in [-0.2, -0.15) is 0 Å². The Morgan fingerprint density at radius 3 is 2.52 bits per heavy atom. The molecule has 0 saturated carbocycles. The topological polar surface area (TPSA) is 82.4 Å². The van der Waals surface area contributed by atoms with Crippen molar-refractivity contribution in [2.45, 2.75) is 6.04 Å². The highest BCUT2D eigenvalue weighted by Gasteiger charge is 2.33. The number of aliphatic carboxylic acids is 1. The molecule has 1 aliphatic heterocycles. The van der Waals surface area contributed by atoms with Crippen LogP contribution < -0.4 is 9.80 Å². The second-order valence-corrected chi connectivity index (χ2v) is 6.31. The number of piperazine rings is 1. The molecule has 27 heavy (non-hydrogen) atoms. The summed E-state index contributed by atoms with van der Waals surface area (Å²) < 4.78 is 0. The molecule has 1 aliphatic rings. The van der Waals surface area contributed by atoms with Gasteiger partial charge < -0.3 is 14.9 Å². The molecule has 1 fully saturated rings. The zero-order chi connectivity index (χ0) is 18.6. The summed E-state index contributed by atoms with van der Waals surface area (Å²) in [6.45, 7) is 1.56. The molecule has 0 radical (unpaired) electrons. The van der Waals surface area contributed by atoms with Gasteiger partial charge in [0, 0.05) is 42.9 Å². The van der Waals surface area contributed by atoms with Crippen molar-refractivity contribution in [1.82, 2.24) is 15.0 Å². The number of hydrogen-bond donors (Lipinski definition) is 1. The van der Waals surface area contributed by atoms with Crippen LogP contribution in [-0.4, -0.2) is 51.7 Å². The summed E-state index contributed by atoms with van der Waals surface area (Å²) in [5, 5.41) is 9.75. The number of hydrogen-bond acceptors (Lipinski definition) is 6. The maximum atomic E-state index is 11.9. The van der Waals surface area contributed by atoms with Crippen molar-refractivity contribution >= 4 is 17.6 Å². The Balaban J connectivity index is 1.59. The van der Waals surface area contributed by atoms with Crippen LogP contribution in [0.2, 0.25) is 0 Å². The zero-order valence-electron chi connectivity index (χ0n) is 14.6. The van der Waals surface area contributed by atoms with E-state index in [-0.39, 0.29) is 0 Å². The minimum Gasteiger partial charge on any atom is -0.480 e. The summed E-state index contributed by atoms with van der Waals surface area (Å²) in [6.07, 6.45) is 5.14. The van der Waals surface area contributed by atoms with Crippen molar-refractivity contribution < 1.29 is 9.90 Å². The molecule has 0 amide bonds. The number of benzene rings is 1. The molecule has 136 valence electrons. The van der Waals surface area contributed by atoms with Crippen molar-refractivity contribution in [1.29, 1.82) is 0 Å². The molecule has 0 bridgehead atoms. The van der Waals surface area contributed by atoms with Crippen molar-refractivity contribution in [2.24, 2.45) is 0 Å². The molecule has 1 atom stereocenters. The van der Waals surface area contributed by atoms with Crippen molar-refractivity contribution in [3.05, 3.63) is 67.1 Å². The van der Waals surface area contributed by atoms with Gasteiger partial charge in [-0.15, -0.1) is 0 Å². The minimum absolute atomic E-state index is 0.323. The highest BCUT2D eigenvalue weighted by atomic mass is 16.4. The number of rotatable bonds is 4. The highest BCUT2D eigenvalue weighted by molar-refractivity contribution is 5.80. The molecule has 1 aromatic carbocycles. The van der Waals surface area contributed by atoms with E-state index >= 15 is 0 Å². The van der Waals surface area contributed by atoms with Gasteiger partial charge in [-0.25, -0.2) is 14.8 Å². The first-order valence-corrected chi connectivity index (χ1v) is 8.75. The van der Waals surface area contributed by atoms with Gasteiger partial charge in [-0.05, 0) is 30.3 Å². The predicted molar refractivity (Wildman–Crippen MR) is 103 cm³/mol. The maximum Gasteiger partial charge on any atom is 0.328 e. The zero-order valence-corrected chi connectivity index (χ0v) is 14.6. The van der Waals surface area contributed by atoms with Crippen LogP contribution in [0.25, 0.3) is 11.3 Å². The smallest absolute Gasteiger partial charge is 0.328 e. The first-order chi connectivity index (χ1) is 13.2. The Morgan fingerprint density at radius 2 is 1.78 bits per heavy atom. The van der Waals surface area contributed by atoms with Crippen molar-refractivity contribution in [3.63, 3.8) is 0 Å². The monoisotopic (exact) mass is 361 g/mol. The van der Waals surface area contributed by atoms with Crippen LogP contribution in [0.1, 0.15) is 0 Å². The lowest BCUT2D eigenvalue weighted by atomic mass is 10.1. The Morgan fingerprint density at radius 1 is 1.00 bits per heavy atom. The summed E-state index contributed by atoms with van der Waals surface area (Å²) in [4.78, 5) is 28.8. The molecular weight excluding hydrogens is 342 g/mol. The molecule has 1 saturated heterocycles. The normalized spacial score (nSPS) is 17.0. The molecule has 1 unspecified atom stereocenters. The van der Waals surface area contributed by atoms with E-state index < -0.39 is 12.0 Å². The van der Waals surface area contributed by atoms with Gasteiger partial charge in [0.15, 0.2) is 0 Å². The molecule has 4 rings (SSSR count). The van der Waals surface area contributed by atoms with E-state index in [1.807, 2.05) is 58.3 Å². The fourth-order valence-corrected chi connectivity index (χ4v) is 3.29. The van der Waals surface area contributed by atoms with E-state index in [2.05, 4.69) is 15.0 Å². The molecule has 1 N–H and O–H groups in total. The number of nitrogens with zero attached hydrogens (tertiary/aromatic N) is 5. The maximum absolute atomic E-state index is 11.9. The van der Waals surface area contributed by atoms with E-state index in [0.717, 1.165) is 16.9 Å². The Bertz CT molecular complexity index is 920. The molecule has 3 heterocycles. The van der Waals surface area contributed by atoms with E-state index in [9.17, 15) is 9.90 Å². The van der Waals surface area contributed by atoms with Crippen LogP contribution in [0.15, 0.2) is 67.1 Å². The van der Waals surface area contributed by atoms with Crippen molar-refractivity contribution in [3.8, 4) is 11.3 Å². The number of carboxylic acid groups (broad SMARTS) is 1.